The fourth-order valence-electron chi connectivity index (χ4n) is 2.83. The highest BCUT2D eigenvalue weighted by Gasteiger charge is 2.46. The van der Waals surface area contributed by atoms with Crippen molar-refractivity contribution >= 4 is 5.78 Å². The van der Waals surface area contributed by atoms with Crippen LogP contribution in [-0.4, -0.2) is 5.78 Å². The van der Waals surface area contributed by atoms with Gasteiger partial charge in [0, 0.05) is 11.8 Å². The van der Waals surface area contributed by atoms with Gasteiger partial charge in [0.25, 0.3) is 0 Å². The molecule has 2 fully saturated rings. The fraction of sp³-hybridized carbons (Fsp3) is 0.900. The van der Waals surface area contributed by atoms with Gasteiger partial charge in [0.1, 0.15) is 5.78 Å². The molecule has 2 aliphatic rings. The van der Waals surface area contributed by atoms with Crippen molar-refractivity contribution in [3.05, 3.63) is 0 Å². The molecule has 0 saturated heterocycles. The molecule has 0 aromatic carbocycles. The summed E-state index contributed by atoms with van der Waals surface area (Å²) in [4.78, 5) is 11.5. The summed E-state index contributed by atoms with van der Waals surface area (Å²) in [6.45, 7) is 2.19. The van der Waals surface area contributed by atoms with Crippen LogP contribution in [0.2, 0.25) is 0 Å². The summed E-state index contributed by atoms with van der Waals surface area (Å²) in [5.74, 6) is 1.28. The molecular formula is C10H16O. The maximum absolute atomic E-state index is 11.5. The van der Waals surface area contributed by atoms with Crippen LogP contribution in [0.4, 0.5) is 0 Å². The average Bonchev–Trinajstić information content (AvgIpc) is 2.29. The minimum atomic E-state index is 0.109. The van der Waals surface area contributed by atoms with E-state index in [1.165, 1.54) is 25.7 Å². The van der Waals surface area contributed by atoms with E-state index >= 15 is 0 Å². The molecule has 0 aromatic heterocycles. The summed E-state index contributed by atoms with van der Waals surface area (Å²) in [6, 6.07) is 0. The van der Waals surface area contributed by atoms with Gasteiger partial charge >= 0.3 is 0 Å². The van der Waals surface area contributed by atoms with Crippen molar-refractivity contribution in [1.82, 2.24) is 0 Å². The predicted octanol–water partition coefficient (Wildman–Crippen LogP) is 2.55. The predicted molar refractivity (Wildman–Crippen MR) is 44.3 cm³/mol. The molecule has 0 amide bonds. The lowest BCUT2D eigenvalue weighted by atomic mass is 9.69. The summed E-state index contributed by atoms with van der Waals surface area (Å²) in [6.07, 6.45) is 7.14. The number of carbonyl (C=O) groups excluding carboxylic acids is 1. The first-order valence-corrected chi connectivity index (χ1v) is 4.77. The van der Waals surface area contributed by atoms with Gasteiger partial charge in [-0.3, -0.25) is 4.79 Å². The highest BCUT2D eigenvalue weighted by atomic mass is 16.1. The molecule has 0 aromatic rings. The van der Waals surface area contributed by atoms with E-state index in [1.54, 1.807) is 0 Å². The molecule has 0 radical (unpaired) electrons. The van der Waals surface area contributed by atoms with Crippen LogP contribution in [0.3, 0.4) is 0 Å². The smallest absolute Gasteiger partial charge is 0.139 e. The van der Waals surface area contributed by atoms with E-state index in [0.29, 0.717) is 5.78 Å². The molecule has 2 atom stereocenters. The van der Waals surface area contributed by atoms with Gasteiger partial charge in [-0.05, 0) is 25.2 Å². The molecule has 2 rings (SSSR count). The molecule has 2 aliphatic carbocycles. The first kappa shape index (κ1) is 7.33. The van der Waals surface area contributed by atoms with Crippen LogP contribution >= 0.6 is 0 Å². The molecule has 0 heterocycles. The highest BCUT2D eigenvalue weighted by Crippen LogP contribution is 2.49. The summed E-state index contributed by atoms with van der Waals surface area (Å²) in [5.41, 5.74) is 0.109. The molecule has 62 valence electrons. The minimum absolute atomic E-state index is 0.109. The summed E-state index contributed by atoms with van der Waals surface area (Å²) in [7, 11) is 0. The van der Waals surface area contributed by atoms with E-state index < -0.39 is 0 Å². The van der Waals surface area contributed by atoms with E-state index in [1.807, 2.05) is 0 Å². The third kappa shape index (κ3) is 0.935. The number of carbonyl (C=O) groups is 1. The van der Waals surface area contributed by atoms with Crippen LogP contribution in [0, 0.1) is 11.3 Å². The summed E-state index contributed by atoms with van der Waals surface area (Å²) >= 11 is 0. The van der Waals surface area contributed by atoms with Gasteiger partial charge in [0.15, 0.2) is 0 Å². The molecule has 2 saturated carbocycles. The Morgan fingerprint density at radius 1 is 1.36 bits per heavy atom. The van der Waals surface area contributed by atoms with Crippen molar-refractivity contribution in [2.24, 2.45) is 11.3 Å². The monoisotopic (exact) mass is 152 g/mol. The van der Waals surface area contributed by atoms with Crippen molar-refractivity contribution in [1.29, 1.82) is 0 Å². The van der Waals surface area contributed by atoms with Crippen molar-refractivity contribution in [3.63, 3.8) is 0 Å². The van der Waals surface area contributed by atoms with Gasteiger partial charge < -0.3 is 0 Å². The normalized spacial score (nSPS) is 44.1. The third-order valence-electron chi connectivity index (χ3n) is 3.76. The second-order valence-electron chi connectivity index (χ2n) is 4.32. The number of rotatable bonds is 0. The molecule has 11 heavy (non-hydrogen) atoms. The van der Waals surface area contributed by atoms with E-state index in [0.717, 1.165) is 18.8 Å². The Labute approximate surface area is 68.2 Å². The number of ketones is 1. The number of hydrogen-bond acceptors (Lipinski definition) is 1. The van der Waals surface area contributed by atoms with Crippen molar-refractivity contribution in [3.8, 4) is 0 Å². The molecule has 0 aliphatic heterocycles. The van der Waals surface area contributed by atoms with E-state index in [4.69, 9.17) is 0 Å². The van der Waals surface area contributed by atoms with Crippen LogP contribution in [0.5, 0.6) is 0 Å². The van der Waals surface area contributed by atoms with Crippen LogP contribution in [0.1, 0.15) is 45.4 Å². The zero-order chi connectivity index (χ0) is 7.90. The fourth-order valence-corrected chi connectivity index (χ4v) is 2.83. The molecular weight excluding hydrogens is 136 g/mol. The van der Waals surface area contributed by atoms with E-state index in [9.17, 15) is 4.79 Å². The third-order valence-corrected chi connectivity index (χ3v) is 3.76. The maximum Gasteiger partial charge on any atom is 0.139 e. The van der Waals surface area contributed by atoms with Gasteiger partial charge in [0.05, 0.1) is 0 Å². The van der Waals surface area contributed by atoms with Crippen LogP contribution in [-0.2, 0) is 4.79 Å². The average molecular weight is 152 g/mol. The zero-order valence-corrected chi connectivity index (χ0v) is 7.23. The number of fused-ring (bicyclic) bond motifs is 1. The van der Waals surface area contributed by atoms with Gasteiger partial charge in [-0.2, -0.15) is 0 Å². The second kappa shape index (κ2) is 2.33. The first-order chi connectivity index (χ1) is 5.23. The topological polar surface area (TPSA) is 17.1 Å². The van der Waals surface area contributed by atoms with Crippen molar-refractivity contribution < 1.29 is 4.79 Å². The van der Waals surface area contributed by atoms with Gasteiger partial charge in [-0.25, -0.2) is 0 Å². The minimum Gasteiger partial charge on any atom is -0.299 e. The van der Waals surface area contributed by atoms with Gasteiger partial charge in [0.2, 0.25) is 0 Å². The SMILES string of the molecule is C[C@@]12CCCC[C@@H]1CCC2=O. The Balaban J connectivity index is 2.23. The summed E-state index contributed by atoms with van der Waals surface area (Å²) in [5, 5.41) is 0. The Morgan fingerprint density at radius 3 is 2.91 bits per heavy atom. The standard InChI is InChI=1S/C10H16O/c1-10-7-3-2-4-8(10)5-6-9(10)11/h8H,2-7H2,1H3/t8-,10-/m1/s1. The van der Waals surface area contributed by atoms with Crippen LogP contribution < -0.4 is 0 Å². The quantitative estimate of drug-likeness (QED) is 0.521. The molecule has 1 nitrogen and oxygen atoms in total. The summed E-state index contributed by atoms with van der Waals surface area (Å²) < 4.78 is 0. The number of Topliss-reactive ketones (excluding diaryl/α,β-unsaturated/α-hetero) is 1. The lowest BCUT2D eigenvalue weighted by molar-refractivity contribution is -0.127. The van der Waals surface area contributed by atoms with Crippen LogP contribution in [0.25, 0.3) is 0 Å². The largest absolute Gasteiger partial charge is 0.299 e. The Kier molecular flexibility index (Phi) is 1.55. The van der Waals surface area contributed by atoms with E-state index in [-0.39, 0.29) is 5.41 Å². The molecule has 0 unspecified atom stereocenters. The lowest BCUT2D eigenvalue weighted by Gasteiger charge is -2.34. The maximum atomic E-state index is 11.5. The Morgan fingerprint density at radius 2 is 2.18 bits per heavy atom. The second-order valence-corrected chi connectivity index (χ2v) is 4.32. The van der Waals surface area contributed by atoms with Crippen LogP contribution in [0.15, 0.2) is 0 Å². The first-order valence-electron chi connectivity index (χ1n) is 4.77. The Hall–Kier alpha value is -0.330. The molecule has 1 heteroatoms. The molecule has 0 spiro atoms. The van der Waals surface area contributed by atoms with Crippen molar-refractivity contribution in [2.45, 2.75) is 45.4 Å². The Bertz CT molecular complexity index is 185. The van der Waals surface area contributed by atoms with Gasteiger partial charge in [-0.15, -0.1) is 0 Å². The van der Waals surface area contributed by atoms with Gasteiger partial charge in [-0.1, -0.05) is 19.8 Å². The zero-order valence-electron chi connectivity index (χ0n) is 7.23. The molecule has 0 bridgehead atoms. The van der Waals surface area contributed by atoms with Crippen molar-refractivity contribution in [2.75, 3.05) is 0 Å². The van der Waals surface area contributed by atoms with E-state index in [2.05, 4.69) is 6.92 Å². The lowest BCUT2D eigenvalue weighted by Crippen LogP contribution is -2.31. The highest BCUT2D eigenvalue weighted by molar-refractivity contribution is 5.87. The molecule has 0 N–H and O–H groups in total. The number of hydrogen-bond donors (Lipinski definition) is 0.